The largest absolute Gasteiger partial charge is 0.497 e. The van der Waals surface area contributed by atoms with Crippen molar-refractivity contribution in [1.82, 2.24) is 5.32 Å². The third-order valence-corrected chi connectivity index (χ3v) is 3.66. The van der Waals surface area contributed by atoms with Crippen LogP contribution >= 0.6 is 11.6 Å². The molecule has 0 saturated carbocycles. The van der Waals surface area contributed by atoms with Crippen LogP contribution in [0.2, 0.25) is 5.02 Å². The summed E-state index contributed by atoms with van der Waals surface area (Å²) in [6.45, 7) is 2.27. The number of ether oxygens (including phenoxy) is 2. The minimum atomic E-state index is -0.0658. The van der Waals surface area contributed by atoms with Gasteiger partial charge in [0.2, 0.25) is 5.91 Å². The number of halogens is 1. The van der Waals surface area contributed by atoms with Crippen LogP contribution in [0.25, 0.3) is 0 Å². The SMILES string of the molecule is COc1ccc(C(C)NC(=O)CCOc2ccc(Cl)cc2)cc1. The van der Waals surface area contributed by atoms with Gasteiger partial charge in [-0.05, 0) is 48.9 Å². The Balaban J connectivity index is 1.76. The quantitative estimate of drug-likeness (QED) is 0.833. The number of nitrogens with one attached hydrogen (secondary N) is 1. The first kappa shape index (κ1) is 17.2. The van der Waals surface area contributed by atoms with Crippen molar-refractivity contribution >= 4 is 17.5 Å². The topological polar surface area (TPSA) is 47.6 Å². The number of methoxy groups -OCH3 is 1. The molecule has 1 unspecified atom stereocenters. The van der Waals surface area contributed by atoms with Gasteiger partial charge in [-0.25, -0.2) is 0 Å². The van der Waals surface area contributed by atoms with E-state index in [2.05, 4.69) is 5.32 Å². The van der Waals surface area contributed by atoms with Gasteiger partial charge in [-0.2, -0.15) is 0 Å². The van der Waals surface area contributed by atoms with Crippen LogP contribution in [0.15, 0.2) is 48.5 Å². The Morgan fingerprint density at radius 3 is 2.30 bits per heavy atom. The van der Waals surface area contributed by atoms with Crippen molar-refractivity contribution in [3.63, 3.8) is 0 Å². The van der Waals surface area contributed by atoms with Crippen LogP contribution in [0.1, 0.15) is 24.9 Å². The maximum atomic E-state index is 12.0. The molecule has 122 valence electrons. The summed E-state index contributed by atoms with van der Waals surface area (Å²) in [6.07, 6.45) is 0.295. The molecule has 4 nitrogen and oxygen atoms in total. The first-order valence-electron chi connectivity index (χ1n) is 7.40. The van der Waals surface area contributed by atoms with Crippen molar-refractivity contribution in [1.29, 1.82) is 0 Å². The van der Waals surface area contributed by atoms with Crippen molar-refractivity contribution in [3.8, 4) is 11.5 Å². The van der Waals surface area contributed by atoms with Crippen LogP contribution < -0.4 is 14.8 Å². The monoisotopic (exact) mass is 333 g/mol. The van der Waals surface area contributed by atoms with E-state index in [4.69, 9.17) is 21.1 Å². The molecule has 0 aromatic heterocycles. The van der Waals surface area contributed by atoms with Gasteiger partial charge in [-0.3, -0.25) is 4.79 Å². The van der Waals surface area contributed by atoms with Crippen LogP contribution in [0.4, 0.5) is 0 Å². The summed E-state index contributed by atoms with van der Waals surface area (Å²) in [5.74, 6) is 1.44. The lowest BCUT2D eigenvalue weighted by molar-refractivity contribution is -0.122. The third kappa shape index (κ3) is 5.49. The Labute approximate surface area is 141 Å². The van der Waals surface area contributed by atoms with Crippen LogP contribution in [-0.4, -0.2) is 19.6 Å². The Bertz CT molecular complexity index is 626. The first-order valence-corrected chi connectivity index (χ1v) is 7.78. The fourth-order valence-corrected chi connectivity index (χ4v) is 2.21. The van der Waals surface area contributed by atoms with Crippen molar-refractivity contribution < 1.29 is 14.3 Å². The van der Waals surface area contributed by atoms with Crippen LogP contribution in [0, 0.1) is 0 Å². The number of amides is 1. The number of hydrogen-bond acceptors (Lipinski definition) is 3. The van der Waals surface area contributed by atoms with Crippen LogP contribution in [0.3, 0.4) is 0 Å². The summed E-state index contributed by atoms with van der Waals surface area (Å²) in [6, 6.07) is 14.6. The normalized spacial score (nSPS) is 11.6. The molecular weight excluding hydrogens is 314 g/mol. The van der Waals surface area contributed by atoms with Crippen LogP contribution in [-0.2, 0) is 4.79 Å². The maximum Gasteiger partial charge on any atom is 0.223 e. The molecule has 0 bridgehead atoms. The molecule has 0 aliphatic rings. The number of rotatable bonds is 7. The molecule has 0 aliphatic heterocycles. The summed E-state index contributed by atoms with van der Waals surface area (Å²) in [4.78, 5) is 12.0. The Kier molecular flexibility index (Phi) is 6.29. The summed E-state index contributed by atoms with van der Waals surface area (Å²) >= 11 is 5.80. The predicted molar refractivity (Wildman–Crippen MR) is 91.1 cm³/mol. The van der Waals surface area contributed by atoms with Gasteiger partial charge in [0, 0.05) is 5.02 Å². The number of carbonyl (C=O) groups excluding carboxylic acids is 1. The molecule has 0 spiro atoms. The van der Waals surface area contributed by atoms with Gasteiger partial charge in [0.25, 0.3) is 0 Å². The molecule has 0 saturated heterocycles. The fourth-order valence-electron chi connectivity index (χ4n) is 2.08. The van der Waals surface area contributed by atoms with E-state index in [-0.39, 0.29) is 11.9 Å². The van der Waals surface area contributed by atoms with Gasteiger partial charge >= 0.3 is 0 Å². The zero-order chi connectivity index (χ0) is 16.7. The molecule has 2 rings (SSSR count). The lowest BCUT2D eigenvalue weighted by Crippen LogP contribution is -2.27. The van der Waals surface area contributed by atoms with E-state index in [1.54, 1.807) is 31.4 Å². The van der Waals surface area contributed by atoms with E-state index in [0.29, 0.717) is 23.8 Å². The Hall–Kier alpha value is -2.20. The standard InChI is InChI=1S/C18H20ClNO3/c1-13(14-3-7-16(22-2)8-4-14)20-18(21)11-12-23-17-9-5-15(19)6-10-17/h3-10,13H,11-12H2,1-2H3,(H,20,21). The molecule has 2 aromatic rings. The number of carbonyl (C=O) groups is 1. The highest BCUT2D eigenvalue weighted by atomic mass is 35.5. The zero-order valence-corrected chi connectivity index (χ0v) is 14.0. The summed E-state index contributed by atoms with van der Waals surface area (Å²) in [5, 5.41) is 3.60. The van der Waals surface area contributed by atoms with E-state index < -0.39 is 0 Å². The van der Waals surface area contributed by atoms with Gasteiger partial charge in [0.05, 0.1) is 26.2 Å². The average Bonchev–Trinajstić information content (AvgIpc) is 2.56. The van der Waals surface area contributed by atoms with Gasteiger partial charge < -0.3 is 14.8 Å². The molecular formula is C18H20ClNO3. The second kappa shape index (κ2) is 8.44. The highest BCUT2D eigenvalue weighted by molar-refractivity contribution is 6.30. The molecule has 2 aromatic carbocycles. The Morgan fingerprint density at radius 1 is 1.09 bits per heavy atom. The molecule has 1 N–H and O–H groups in total. The highest BCUT2D eigenvalue weighted by Crippen LogP contribution is 2.18. The lowest BCUT2D eigenvalue weighted by Gasteiger charge is -2.15. The summed E-state index contributed by atoms with van der Waals surface area (Å²) in [7, 11) is 1.63. The molecule has 1 amide bonds. The summed E-state index contributed by atoms with van der Waals surface area (Å²) < 4.78 is 10.6. The number of hydrogen-bond donors (Lipinski definition) is 1. The van der Waals surface area contributed by atoms with Crippen molar-refractivity contribution in [2.45, 2.75) is 19.4 Å². The minimum absolute atomic E-state index is 0.0534. The van der Waals surface area contributed by atoms with E-state index in [0.717, 1.165) is 11.3 Å². The molecule has 0 aliphatic carbocycles. The van der Waals surface area contributed by atoms with Crippen molar-refractivity contribution in [2.75, 3.05) is 13.7 Å². The van der Waals surface area contributed by atoms with Crippen molar-refractivity contribution in [3.05, 3.63) is 59.1 Å². The van der Waals surface area contributed by atoms with E-state index in [1.165, 1.54) is 0 Å². The fraction of sp³-hybridized carbons (Fsp3) is 0.278. The van der Waals surface area contributed by atoms with E-state index in [1.807, 2.05) is 31.2 Å². The molecule has 0 radical (unpaired) electrons. The minimum Gasteiger partial charge on any atom is -0.497 e. The molecule has 0 fully saturated rings. The second-order valence-corrected chi connectivity index (χ2v) is 5.55. The number of benzene rings is 2. The maximum absolute atomic E-state index is 12.0. The molecule has 1 atom stereocenters. The molecule has 23 heavy (non-hydrogen) atoms. The van der Waals surface area contributed by atoms with E-state index in [9.17, 15) is 4.79 Å². The third-order valence-electron chi connectivity index (χ3n) is 3.40. The zero-order valence-electron chi connectivity index (χ0n) is 13.2. The van der Waals surface area contributed by atoms with Gasteiger partial charge in [-0.1, -0.05) is 23.7 Å². The van der Waals surface area contributed by atoms with E-state index >= 15 is 0 Å². The summed E-state index contributed by atoms with van der Waals surface area (Å²) in [5.41, 5.74) is 1.03. The molecule has 5 heteroatoms. The van der Waals surface area contributed by atoms with Crippen molar-refractivity contribution in [2.24, 2.45) is 0 Å². The smallest absolute Gasteiger partial charge is 0.223 e. The van der Waals surface area contributed by atoms with Gasteiger partial charge in [0.1, 0.15) is 11.5 Å². The highest BCUT2D eigenvalue weighted by Gasteiger charge is 2.09. The second-order valence-electron chi connectivity index (χ2n) is 5.11. The Morgan fingerprint density at radius 2 is 1.70 bits per heavy atom. The predicted octanol–water partition coefficient (Wildman–Crippen LogP) is 3.99. The van der Waals surface area contributed by atoms with Gasteiger partial charge in [-0.15, -0.1) is 0 Å². The van der Waals surface area contributed by atoms with Gasteiger partial charge in [0.15, 0.2) is 0 Å². The molecule has 0 heterocycles. The first-order chi connectivity index (χ1) is 11.1. The van der Waals surface area contributed by atoms with Crippen LogP contribution in [0.5, 0.6) is 11.5 Å². The lowest BCUT2D eigenvalue weighted by atomic mass is 10.1. The average molecular weight is 334 g/mol.